The SMILES string of the molecule is CCCOc1ccc(/C=c2/sc3nc(-c4ccc(Cl)cc4)nn3c2=O)cc1OCC. The quantitative estimate of drug-likeness (QED) is 0.430. The lowest BCUT2D eigenvalue weighted by molar-refractivity contribution is 0.277. The highest BCUT2D eigenvalue weighted by Crippen LogP contribution is 2.29. The fourth-order valence-electron chi connectivity index (χ4n) is 2.92. The number of hydrogen-bond donors (Lipinski definition) is 0. The molecule has 6 nitrogen and oxygen atoms in total. The third-order valence-corrected chi connectivity index (χ3v) is 5.52. The molecule has 2 heterocycles. The summed E-state index contributed by atoms with van der Waals surface area (Å²) in [6, 6.07) is 12.9. The Labute approximate surface area is 182 Å². The zero-order valence-corrected chi connectivity index (χ0v) is 18.2. The summed E-state index contributed by atoms with van der Waals surface area (Å²) in [5.41, 5.74) is 1.46. The van der Waals surface area contributed by atoms with Crippen LogP contribution >= 0.6 is 22.9 Å². The summed E-state index contributed by atoms with van der Waals surface area (Å²) in [6.07, 6.45) is 2.73. The van der Waals surface area contributed by atoms with E-state index in [2.05, 4.69) is 17.0 Å². The minimum absolute atomic E-state index is 0.202. The van der Waals surface area contributed by atoms with Crippen LogP contribution in [0.3, 0.4) is 0 Å². The summed E-state index contributed by atoms with van der Waals surface area (Å²) in [7, 11) is 0. The van der Waals surface area contributed by atoms with E-state index < -0.39 is 0 Å². The first-order valence-electron chi connectivity index (χ1n) is 9.66. The molecule has 2 aromatic heterocycles. The topological polar surface area (TPSA) is 65.7 Å². The van der Waals surface area contributed by atoms with Gasteiger partial charge in [-0.2, -0.15) is 9.50 Å². The molecular formula is C22H20ClN3O3S. The first kappa shape index (κ1) is 20.4. The van der Waals surface area contributed by atoms with Crippen LogP contribution in [0.5, 0.6) is 11.5 Å². The lowest BCUT2D eigenvalue weighted by Crippen LogP contribution is -2.23. The van der Waals surface area contributed by atoms with Gasteiger partial charge < -0.3 is 9.47 Å². The molecule has 0 radical (unpaired) electrons. The molecule has 0 amide bonds. The summed E-state index contributed by atoms with van der Waals surface area (Å²) in [5.74, 6) is 1.86. The van der Waals surface area contributed by atoms with Crippen LogP contribution < -0.4 is 19.6 Å². The van der Waals surface area contributed by atoms with E-state index in [4.69, 9.17) is 21.1 Å². The molecule has 30 heavy (non-hydrogen) atoms. The van der Waals surface area contributed by atoms with Gasteiger partial charge >= 0.3 is 0 Å². The van der Waals surface area contributed by atoms with Crippen molar-refractivity contribution in [3.8, 4) is 22.9 Å². The van der Waals surface area contributed by atoms with Crippen molar-refractivity contribution < 1.29 is 9.47 Å². The summed E-state index contributed by atoms with van der Waals surface area (Å²) in [6.45, 7) is 5.13. The van der Waals surface area contributed by atoms with Crippen molar-refractivity contribution in [3.05, 3.63) is 67.9 Å². The van der Waals surface area contributed by atoms with Crippen molar-refractivity contribution in [2.24, 2.45) is 0 Å². The van der Waals surface area contributed by atoms with Crippen molar-refractivity contribution in [3.63, 3.8) is 0 Å². The zero-order valence-electron chi connectivity index (χ0n) is 16.6. The van der Waals surface area contributed by atoms with E-state index in [0.29, 0.717) is 45.1 Å². The summed E-state index contributed by atoms with van der Waals surface area (Å²) < 4.78 is 13.3. The average molecular weight is 442 g/mol. The van der Waals surface area contributed by atoms with Gasteiger partial charge in [-0.25, -0.2) is 0 Å². The maximum absolute atomic E-state index is 12.8. The minimum atomic E-state index is -0.202. The Balaban J connectivity index is 1.70. The Bertz CT molecular complexity index is 1280. The number of nitrogens with zero attached hydrogens (tertiary/aromatic N) is 3. The molecule has 2 aromatic carbocycles. The molecule has 0 fully saturated rings. The Morgan fingerprint density at radius 2 is 1.90 bits per heavy atom. The highest BCUT2D eigenvalue weighted by Gasteiger charge is 2.12. The lowest BCUT2D eigenvalue weighted by Gasteiger charge is -2.11. The Morgan fingerprint density at radius 3 is 2.60 bits per heavy atom. The van der Waals surface area contributed by atoms with E-state index >= 15 is 0 Å². The van der Waals surface area contributed by atoms with E-state index in [1.54, 1.807) is 12.1 Å². The van der Waals surface area contributed by atoms with Crippen molar-refractivity contribution >= 4 is 34.0 Å². The van der Waals surface area contributed by atoms with Crippen molar-refractivity contribution in [1.29, 1.82) is 0 Å². The second kappa shape index (κ2) is 8.85. The number of aromatic nitrogens is 3. The van der Waals surface area contributed by atoms with Gasteiger partial charge in [0, 0.05) is 10.6 Å². The van der Waals surface area contributed by atoms with Crippen LogP contribution in [0.25, 0.3) is 22.4 Å². The van der Waals surface area contributed by atoms with Crippen LogP contribution in [0.2, 0.25) is 5.02 Å². The maximum Gasteiger partial charge on any atom is 0.291 e. The van der Waals surface area contributed by atoms with Gasteiger partial charge in [0.25, 0.3) is 5.56 Å². The van der Waals surface area contributed by atoms with Gasteiger partial charge in [-0.15, -0.1) is 5.10 Å². The molecule has 0 unspecified atom stereocenters. The number of thiazole rings is 1. The van der Waals surface area contributed by atoms with E-state index in [0.717, 1.165) is 17.5 Å². The van der Waals surface area contributed by atoms with Crippen molar-refractivity contribution in [1.82, 2.24) is 14.6 Å². The third kappa shape index (κ3) is 4.17. The molecule has 0 saturated heterocycles. The first-order valence-corrected chi connectivity index (χ1v) is 10.9. The second-order valence-corrected chi connectivity index (χ2v) is 7.99. The van der Waals surface area contributed by atoms with Gasteiger partial charge in [-0.05, 0) is 61.4 Å². The van der Waals surface area contributed by atoms with Gasteiger partial charge in [0.2, 0.25) is 4.96 Å². The Hall–Kier alpha value is -2.90. The molecule has 0 saturated carbocycles. The predicted octanol–water partition coefficient (Wildman–Crippen LogP) is 4.21. The van der Waals surface area contributed by atoms with Crippen LogP contribution in [-0.4, -0.2) is 27.8 Å². The van der Waals surface area contributed by atoms with Crippen LogP contribution in [0.4, 0.5) is 0 Å². The Kier molecular flexibility index (Phi) is 6.01. The maximum atomic E-state index is 12.8. The number of ether oxygens (including phenoxy) is 2. The van der Waals surface area contributed by atoms with Gasteiger partial charge in [-0.1, -0.05) is 35.9 Å². The van der Waals surface area contributed by atoms with Crippen molar-refractivity contribution in [2.75, 3.05) is 13.2 Å². The molecule has 0 atom stereocenters. The number of benzene rings is 2. The predicted molar refractivity (Wildman–Crippen MR) is 120 cm³/mol. The summed E-state index contributed by atoms with van der Waals surface area (Å²) >= 11 is 7.23. The lowest BCUT2D eigenvalue weighted by atomic mass is 10.2. The molecule has 0 aliphatic heterocycles. The standard InChI is InChI=1S/C22H20ClN3O3S/c1-3-11-29-17-10-5-14(12-18(17)28-4-2)13-19-21(27)26-22(30-19)24-20(25-26)15-6-8-16(23)9-7-15/h5-10,12-13H,3-4,11H2,1-2H3/b19-13+. The van der Waals surface area contributed by atoms with Gasteiger partial charge in [0.05, 0.1) is 17.7 Å². The van der Waals surface area contributed by atoms with Crippen LogP contribution in [0.15, 0.2) is 47.3 Å². The van der Waals surface area contributed by atoms with Crippen molar-refractivity contribution in [2.45, 2.75) is 20.3 Å². The molecule has 4 aromatic rings. The number of hydrogen-bond acceptors (Lipinski definition) is 6. The zero-order chi connectivity index (χ0) is 21.1. The third-order valence-electron chi connectivity index (χ3n) is 4.31. The monoisotopic (exact) mass is 441 g/mol. The molecule has 0 spiro atoms. The molecular weight excluding hydrogens is 422 g/mol. The van der Waals surface area contributed by atoms with Gasteiger partial charge in [0.15, 0.2) is 17.3 Å². The van der Waals surface area contributed by atoms with Crippen LogP contribution in [0, 0.1) is 0 Å². The van der Waals surface area contributed by atoms with E-state index in [1.807, 2.05) is 43.3 Å². The minimum Gasteiger partial charge on any atom is -0.490 e. The number of fused-ring (bicyclic) bond motifs is 1. The molecule has 0 N–H and O–H groups in total. The second-order valence-electron chi connectivity index (χ2n) is 6.54. The smallest absolute Gasteiger partial charge is 0.291 e. The average Bonchev–Trinajstić information content (AvgIpc) is 3.28. The fourth-order valence-corrected chi connectivity index (χ4v) is 3.95. The van der Waals surface area contributed by atoms with Crippen LogP contribution in [-0.2, 0) is 0 Å². The molecule has 8 heteroatoms. The summed E-state index contributed by atoms with van der Waals surface area (Å²) in [4.78, 5) is 17.9. The van der Waals surface area contributed by atoms with Gasteiger partial charge in [0.1, 0.15) is 0 Å². The number of halogens is 1. The largest absolute Gasteiger partial charge is 0.490 e. The molecule has 4 rings (SSSR count). The van der Waals surface area contributed by atoms with Gasteiger partial charge in [-0.3, -0.25) is 4.79 Å². The number of rotatable bonds is 7. The highest BCUT2D eigenvalue weighted by molar-refractivity contribution is 7.15. The summed E-state index contributed by atoms with van der Waals surface area (Å²) in [5, 5.41) is 5.00. The van der Waals surface area contributed by atoms with E-state index in [9.17, 15) is 4.79 Å². The molecule has 0 aliphatic carbocycles. The van der Waals surface area contributed by atoms with Crippen LogP contribution in [0.1, 0.15) is 25.8 Å². The molecule has 0 bridgehead atoms. The molecule has 154 valence electrons. The normalized spacial score (nSPS) is 11.9. The van der Waals surface area contributed by atoms with E-state index in [-0.39, 0.29) is 5.56 Å². The van der Waals surface area contributed by atoms with E-state index in [1.165, 1.54) is 15.9 Å². The molecule has 0 aliphatic rings. The highest BCUT2D eigenvalue weighted by atomic mass is 35.5. The fraction of sp³-hybridized carbons (Fsp3) is 0.227. The first-order chi connectivity index (χ1) is 14.6. The Morgan fingerprint density at radius 1 is 1.10 bits per heavy atom.